The smallest absolute Gasteiger partial charge is 0.241 e. The standard InChI is InChI=1S/C15H22N2O3.ClH/c1-10-8-13(19-2)14(20-3)9-12(10)17-15(18)11-6-4-5-7-16-11;/h8-9,11,16H,4-7H2,1-3H3,(H,17,18);1H. The van der Waals surface area contributed by atoms with Gasteiger partial charge in [0, 0.05) is 11.8 Å². The highest BCUT2D eigenvalue weighted by Gasteiger charge is 2.21. The number of ether oxygens (including phenoxy) is 2. The highest BCUT2D eigenvalue weighted by atomic mass is 35.5. The van der Waals surface area contributed by atoms with Crippen molar-refractivity contribution in [2.45, 2.75) is 32.2 Å². The van der Waals surface area contributed by atoms with Crippen molar-refractivity contribution in [3.63, 3.8) is 0 Å². The summed E-state index contributed by atoms with van der Waals surface area (Å²) in [6.45, 7) is 2.84. The van der Waals surface area contributed by atoms with Crippen molar-refractivity contribution in [2.75, 3.05) is 26.1 Å². The Labute approximate surface area is 131 Å². The topological polar surface area (TPSA) is 59.6 Å². The van der Waals surface area contributed by atoms with E-state index in [1.807, 2.05) is 13.0 Å². The summed E-state index contributed by atoms with van der Waals surface area (Å²) in [5.74, 6) is 1.30. The van der Waals surface area contributed by atoms with Gasteiger partial charge in [0.25, 0.3) is 0 Å². The molecule has 1 amide bonds. The van der Waals surface area contributed by atoms with Gasteiger partial charge in [0.2, 0.25) is 5.91 Å². The van der Waals surface area contributed by atoms with Gasteiger partial charge in [0.05, 0.1) is 20.3 Å². The van der Waals surface area contributed by atoms with Crippen LogP contribution in [0.3, 0.4) is 0 Å². The minimum atomic E-state index is -0.101. The van der Waals surface area contributed by atoms with Crippen LogP contribution in [0.25, 0.3) is 0 Å². The summed E-state index contributed by atoms with van der Waals surface area (Å²) in [5, 5.41) is 6.21. The van der Waals surface area contributed by atoms with Gasteiger partial charge >= 0.3 is 0 Å². The zero-order chi connectivity index (χ0) is 14.5. The van der Waals surface area contributed by atoms with Gasteiger partial charge in [-0.15, -0.1) is 12.4 Å². The molecule has 21 heavy (non-hydrogen) atoms. The largest absolute Gasteiger partial charge is 0.493 e. The zero-order valence-corrected chi connectivity index (χ0v) is 13.5. The van der Waals surface area contributed by atoms with Crippen LogP contribution in [0.1, 0.15) is 24.8 Å². The van der Waals surface area contributed by atoms with Crippen molar-refractivity contribution in [3.8, 4) is 11.5 Å². The van der Waals surface area contributed by atoms with Gasteiger partial charge in [-0.2, -0.15) is 0 Å². The highest BCUT2D eigenvalue weighted by molar-refractivity contribution is 5.95. The van der Waals surface area contributed by atoms with Crippen LogP contribution in [0, 0.1) is 6.92 Å². The average molecular weight is 315 g/mol. The van der Waals surface area contributed by atoms with Crippen molar-refractivity contribution < 1.29 is 14.3 Å². The fourth-order valence-corrected chi connectivity index (χ4v) is 2.41. The third-order valence-corrected chi connectivity index (χ3v) is 3.62. The summed E-state index contributed by atoms with van der Waals surface area (Å²) < 4.78 is 10.5. The van der Waals surface area contributed by atoms with E-state index >= 15 is 0 Å². The minimum Gasteiger partial charge on any atom is -0.493 e. The Balaban J connectivity index is 0.00000220. The molecule has 0 spiro atoms. The van der Waals surface area contributed by atoms with E-state index in [1.54, 1.807) is 20.3 Å². The van der Waals surface area contributed by atoms with Crippen LogP contribution in [-0.4, -0.2) is 32.7 Å². The third-order valence-electron chi connectivity index (χ3n) is 3.62. The molecule has 2 N–H and O–H groups in total. The summed E-state index contributed by atoms with van der Waals surface area (Å²) in [4.78, 5) is 12.2. The van der Waals surface area contributed by atoms with E-state index in [9.17, 15) is 4.79 Å². The number of hydrogen-bond acceptors (Lipinski definition) is 4. The zero-order valence-electron chi connectivity index (χ0n) is 12.7. The van der Waals surface area contributed by atoms with E-state index in [4.69, 9.17) is 9.47 Å². The number of carbonyl (C=O) groups excluding carboxylic acids is 1. The predicted molar refractivity (Wildman–Crippen MR) is 85.8 cm³/mol. The maximum Gasteiger partial charge on any atom is 0.241 e. The van der Waals surface area contributed by atoms with E-state index in [-0.39, 0.29) is 24.4 Å². The maximum absolute atomic E-state index is 12.2. The molecule has 0 bridgehead atoms. The van der Waals surface area contributed by atoms with Gasteiger partial charge in [0.15, 0.2) is 11.5 Å². The third kappa shape index (κ3) is 4.25. The lowest BCUT2D eigenvalue weighted by Gasteiger charge is -2.23. The van der Waals surface area contributed by atoms with Gasteiger partial charge in [-0.25, -0.2) is 0 Å². The van der Waals surface area contributed by atoms with Crippen molar-refractivity contribution in [2.24, 2.45) is 0 Å². The second kappa shape index (κ2) is 8.10. The van der Waals surface area contributed by atoms with Crippen molar-refractivity contribution in [3.05, 3.63) is 17.7 Å². The molecular weight excluding hydrogens is 292 g/mol. The van der Waals surface area contributed by atoms with Crippen LogP contribution < -0.4 is 20.1 Å². The number of methoxy groups -OCH3 is 2. The molecule has 1 atom stereocenters. The second-order valence-electron chi connectivity index (χ2n) is 5.01. The van der Waals surface area contributed by atoms with Crippen LogP contribution in [0.2, 0.25) is 0 Å². The minimum absolute atomic E-state index is 0. The molecule has 1 aliphatic rings. The Kier molecular flexibility index (Phi) is 6.78. The van der Waals surface area contributed by atoms with E-state index in [2.05, 4.69) is 10.6 Å². The van der Waals surface area contributed by atoms with Crippen molar-refractivity contribution in [1.82, 2.24) is 5.32 Å². The molecule has 1 aromatic carbocycles. The Morgan fingerprint density at radius 1 is 1.24 bits per heavy atom. The molecule has 0 saturated carbocycles. The maximum atomic E-state index is 12.2. The van der Waals surface area contributed by atoms with Crippen molar-refractivity contribution in [1.29, 1.82) is 0 Å². The number of hydrogen-bond donors (Lipinski definition) is 2. The molecule has 0 aromatic heterocycles. The molecule has 1 unspecified atom stereocenters. The molecule has 118 valence electrons. The SMILES string of the molecule is COc1cc(C)c(NC(=O)C2CCCCN2)cc1OC.Cl. The molecule has 1 aliphatic heterocycles. The summed E-state index contributed by atoms with van der Waals surface area (Å²) in [7, 11) is 3.18. The van der Waals surface area contributed by atoms with Gasteiger partial charge in [-0.1, -0.05) is 6.42 Å². The summed E-state index contributed by atoms with van der Waals surface area (Å²) in [5.41, 5.74) is 1.71. The van der Waals surface area contributed by atoms with E-state index in [1.165, 1.54) is 0 Å². The summed E-state index contributed by atoms with van der Waals surface area (Å²) >= 11 is 0. The van der Waals surface area contributed by atoms with Crippen molar-refractivity contribution >= 4 is 24.0 Å². The second-order valence-corrected chi connectivity index (χ2v) is 5.01. The molecule has 2 rings (SSSR count). The van der Waals surface area contributed by atoms with Crippen LogP contribution in [0.15, 0.2) is 12.1 Å². The van der Waals surface area contributed by atoms with Gasteiger partial charge < -0.3 is 20.1 Å². The molecule has 1 saturated heterocycles. The molecule has 0 aliphatic carbocycles. The number of carbonyl (C=O) groups is 1. The average Bonchev–Trinajstić information content (AvgIpc) is 2.49. The lowest BCUT2D eigenvalue weighted by atomic mass is 10.0. The molecule has 5 nitrogen and oxygen atoms in total. The lowest BCUT2D eigenvalue weighted by molar-refractivity contribution is -0.118. The van der Waals surface area contributed by atoms with Crippen LogP contribution in [0.4, 0.5) is 5.69 Å². The fourth-order valence-electron chi connectivity index (χ4n) is 2.41. The molecule has 1 fully saturated rings. The Morgan fingerprint density at radius 2 is 1.90 bits per heavy atom. The molecule has 1 aromatic rings. The summed E-state index contributed by atoms with van der Waals surface area (Å²) in [6, 6.07) is 3.56. The first-order chi connectivity index (χ1) is 9.65. The highest BCUT2D eigenvalue weighted by Crippen LogP contribution is 2.33. The van der Waals surface area contributed by atoms with E-state index < -0.39 is 0 Å². The molecular formula is C15H23ClN2O3. The molecule has 6 heteroatoms. The number of anilines is 1. The van der Waals surface area contributed by atoms with Gasteiger partial charge in [0.1, 0.15) is 0 Å². The van der Waals surface area contributed by atoms with E-state index in [0.29, 0.717) is 11.5 Å². The summed E-state index contributed by atoms with van der Waals surface area (Å²) in [6.07, 6.45) is 3.12. The van der Waals surface area contributed by atoms with Crippen LogP contribution in [-0.2, 0) is 4.79 Å². The molecule has 1 heterocycles. The number of aryl methyl sites for hydroxylation is 1. The number of benzene rings is 1. The number of amides is 1. The Bertz CT molecular complexity index is 488. The van der Waals surface area contributed by atoms with Gasteiger partial charge in [-0.3, -0.25) is 4.79 Å². The van der Waals surface area contributed by atoms with E-state index in [0.717, 1.165) is 37.1 Å². The monoisotopic (exact) mass is 314 g/mol. The Hall–Kier alpha value is -1.46. The normalized spacial score (nSPS) is 17.6. The first kappa shape index (κ1) is 17.6. The predicted octanol–water partition coefficient (Wildman–Crippen LogP) is 2.51. The Morgan fingerprint density at radius 3 is 2.48 bits per heavy atom. The number of nitrogens with one attached hydrogen (secondary N) is 2. The first-order valence-corrected chi connectivity index (χ1v) is 6.92. The van der Waals surface area contributed by atoms with Crippen LogP contribution >= 0.6 is 12.4 Å². The van der Waals surface area contributed by atoms with Gasteiger partial charge in [-0.05, 0) is 37.9 Å². The number of rotatable bonds is 4. The number of halogens is 1. The first-order valence-electron chi connectivity index (χ1n) is 6.92. The quantitative estimate of drug-likeness (QED) is 0.896. The lowest BCUT2D eigenvalue weighted by Crippen LogP contribution is -2.43. The fraction of sp³-hybridized carbons (Fsp3) is 0.533. The van der Waals surface area contributed by atoms with Crippen LogP contribution in [0.5, 0.6) is 11.5 Å². The molecule has 0 radical (unpaired) electrons. The number of piperidine rings is 1.